The highest BCUT2D eigenvalue weighted by Gasteiger charge is 2.33. The fraction of sp³-hybridized carbons (Fsp3) is 0.895. The molecule has 0 saturated heterocycles. The van der Waals surface area contributed by atoms with Crippen LogP contribution in [0, 0.1) is 10.8 Å². The van der Waals surface area contributed by atoms with Crippen molar-refractivity contribution in [1.29, 1.82) is 0 Å². The predicted octanol–water partition coefficient (Wildman–Crippen LogP) is 6.50. The molecule has 0 aromatic rings. The minimum atomic E-state index is 0.293. The van der Waals surface area contributed by atoms with Gasteiger partial charge in [0.2, 0.25) is 0 Å². The van der Waals surface area contributed by atoms with Gasteiger partial charge in [-0.3, -0.25) is 0 Å². The molecule has 1 atom stereocenters. The van der Waals surface area contributed by atoms with Crippen LogP contribution >= 0.6 is 0 Å². The van der Waals surface area contributed by atoms with Crippen molar-refractivity contribution in [1.82, 2.24) is 4.90 Å². The highest BCUT2D eigenvalue weighted by atomic mass is 15.2. The molecule has 1 unspecified atom stereocenters. The second-order valence-electron chi connectivity index (χ2n) is 8.28. The zero-order valence-corrected chi connectivity index (χ0v) is 16.1. The number of hydrogen-bond donors (Lipinski definition) is 0. The van der Waals surface area contributed by atoms with Gasteiger partial charge in [0.25, 0.3) is 0 Å². The van der Waals surface area contributed by atoms with E-state index in [2.05, 4.69) is 80.7 Å². The third-order valence-corrected chi connectivity index (χ3v) is 3.14. The normalized spacial score (nSPS) is 13.3. The van der Waals surface area contributed by atoms with Crippen LogP contribution in [0.25, 0.3) is 0 Å². The number of rotatable bonds is 5. The van der Waals surface area contributed by atoms with Gasteiger partial charge in [0.15, 0.2) is 0 Å². The zero-order chi connectivity index (χ0) is 16.6. The fourth-order valence-electron chi connectivity index (χ4n) is 2.32. The molecule has 0 rings (SSSR count). The molecule has 0 aliphatic carbocycles. The first kappa shape index (κ1) is 21.8. The lowest BCUT2D eigenvalue weighted by molar-refractivity contribution is 0.0913. The Morgan fingerprint density at radius 3 is 1.60 bits per heavy atom. The molecule has 1 heteroatoms. The van der Waals surface area contributed by atoms with Gasteiger partial charge in [0.05, 0.1) is 0 Å². The van der Waals surface area contributed by atoms with Gasteiger partial charge in [-0.15, -0.1) is 0 Å². The second-order valence-corrected chi connectivity index (χ2v) is 8.28. The smallest absolute Gasteiger partial charge is 0.0339 e. The van der Waals surface area contributed by atoms with Crippen LogP contribution in [0.4, 0.5) is 0 Å². The summed E-state index contributed by atoms with van der Waals surface area (Å²) in [7, 11) is 0. The third kappa shape index (κ3) is 10.3. The summed E-state index contributed by atoms with van der Waals surface area (Å²) in [6.07, 6.45) is 3.65. The summed E-state index contributed by atoms with van der Waals surface area (Å²) in [5.41, 5.74) is 1.86. The summed E-state index contributed by atoms with van der Waals surface area (Å²) in [5.74, 6) is 0. The van der Waals surface area contributed by atoms with Crippen LogP contribution in [0.15, 0.2) is 12.3 Å². The Bertz CT molecular complexity index is 252. The molecule has 0 spiro atoms. The maximum Gasteiger partial charge on any atom is 0.0339 e. The van der Waals surface area contributed by atoms with Gasteiger partial charge in [-0.1, -0.05) is 75.3 Å². The van der Waals surface area contributed by atoms with Crippen molar-refractivity contribution in [3.63, 3.8) is 0 Å². The van der Waals surface area contributed by atoms with Crippen LogP contribution in [0.1, 0.15) is 88.5 Å². The summed E-state index contributed by atoms with van der Waals surface area (Å²) >= 11 is 0. The van der Waals surface area contributed by atoms with Crippen molar-refractivity contribution in [2.24, 2.45) is 10.8 Å². The molecule has 0 heterocycles. The van der Waals surface area contributed by atoms with Crippen molar-refractivity contribution in [2.75, 3.05) is 6.54 Å². The van der Waals surface area contributed by atoms with Crippen molar-refractivity contribution in [3.8, 4) is 0 Å². The number of nitrogens with zero attached hydrogens (tertiary/aromatic N) is 1. The van der Waals surface area contributed by atoms with Crippen molar-refractivity contribution in [2.45, 2.75) is 94.5 Å². The average molecular weight is 284 g/mol. The monoisotopic (exact) mass is 283 g/mol. The van der Waals surface area contributed by atoms with Gasteiger partial charge >= 0.3 is 0 Å². The molecule has 0 aromatic carbocycles. The van der Waals surface area contributed by atoms with E-state index < -0.39 is 0 Å². The largest absolute Gasteiger partial charge is 0.372 e. The Morgan fingerprint density at radius 2 is 1.40 bits per heavy atom. The standard InChI is InChI=1S/C16H33N.C3H8/c1-10-11-17(13(2)3)14(16(7,8)9)12-15(4,5)6;1-3-2/h14H,2,10-12H2,1,3-9H3;3H2,1-2H3. The van der Waals surface area contributed by atoms with Gasteiger partial charge in [0, 0.05) is 18.3 Å². The van der Waals surface area contributed by atoms with Crippen molar-refractivity contribution in [3.05, 3.63) is 12.3 Å². The Kier molecular flexibility index (Phi) is 10.3. The Hall–Kier alpha value is -0.460. The quantitative estimate of drug-likeness (QED) is 0.556. The van der Waals surface area contributed by atoms with Gasteiger partial charge in [-0.2, -0.15) is 0 Å². The molecule has 0 bridgehead atoms. The molecule has 122 valence electrons. The molecule has 0 radical (unpaired) electrons. The lowest BCUT2D eigenvalue weighted by Crippen LogP contribution is -2.45. The van der Waals surface area contributed by atoms with E-state index >= 15 is 0 Å². The van der Waals surface area contributed by atoms with Crippen LogP contribution in [0.3, 0.4) is 0 Å². The van der Waals surface area contributed by atoms with Crippen LogP contribution in [0.2, 0.25) is 0 Å². The zero-order valence-electron chi connectivity index (χ0n) is 16.1. The van der Waals surface area contributed by atoms with E-state index in [1.165, 1.54) is 25.0 Å². The Morgan fingerprint density at radius 1 is 1.00 bits per heavy atom. The van der Waals surface area contributed by atoms with E-state index in [1.807, 2.05) is 0 Å². The second kappa shape index (κ2) is 9.47. The summed E-state index contributed by atoms with van der Waals surface area (Å²) in [4.78, 5) is 2.51. The van der Waals surface area contributed by atoms with E-state index in [9.17, 15) is 0 Å². The minimum Gasteiger partial charge on any atom is -0.372 e. The first-order chi connectivity index (χ1) is 8.90. The lowest BCUT2D eigenvalue weighted by Gasteiger charge is -2.45. The van der Waals surface area contributed by atoms with Crippen LogP contribution in [0.5, 0.6) is 0 Å². The Labute approximate surface area is 129 Å². The lowest BCUT2D eigenvalue weighted by atomic mass is 9.76. The first-order valence-electron chi connectivity index (χ1n) is 8.32. The third-order valence-electron chi connectivity index (χ3n) is 3.14. The van der Waals surface area contributed by atoms with Gasteiger partial charge < -0.3 is 4.90 Å². The first-order valence-corrected chi connectivity index (χ1v) is 8.32. The van der Waals surface area contributed by atoms with E-state index in [0.29, 0.717) is 16.9 Å². The number of hydrogen-bond acceptors (Lipinski definition) is 1. The maximum atomic E-state index is 4.16. The molecule has 0 saturated carbocycles. The molecule has 0 aliphatic heterocycles. The summed E-state index contributed by atoms with van der Waals surface area (Å²) in [5, 5.41) is 0. The molecule has 0 aliphatic rings. The molecular formula is C19H41N. The summed E-state index contributed by atoms with van der Waals surface area (Å²) < 4.78 is 0. The highest BCUT2D eigenvalue weighted by Crippen LogP contribution is 2.35. The van der Waals surface area contributed by atoms with Gasteiger partial charge in [-0.25, -0.2) is 0 Å². The topological polar surface area (TPSA) is 3.24 Å². The van der Waals surface area contributed by atoms with Gasteiger partial charge in [0.1, 0.15) is 0 Å². The fourth-order valence-corrected chi connectivity index (χ4v) is 2.32. The molecule has 0 amide bonds. The number of allylic oxidation sites excluding steroid dienone is 1. The molecule has 1 nitrogen and oxygen atoms in total. The Balaban J connectivity index is 0. The SMILES string of the molecule is C=C(C)N(CCC)C(CC(C)(C)C)C(C)(C)C.CCC. The average Bonchev–Trinajstić information content (AvgIpc) is 2.21. The van der Waals surface area contributed by atoms with Crippen LogP contribution in [-0.4, -0.2) is 17.5 Å². The van der Waals surface area contributed by atoms with Crippen LogP contribution in [-0.2, 0) is 0 Å². The molecule has 0 aromatic heterocycles. The van der Waals surface area contributed by atoms with E-state index in [1.54, 1.807) is 0 Å². The molecule has 20 heavy (non-hydrogen) atoms. The minimum absolute atomic E-state index is 0.293. The highest BCUT2D eigenvalue weighted by molar-refractivity contribution is 4.98. The maximum absolute atomic E-state index is 4.16. The van der Waals surface area contributed by atoms with E-state index in [-0.39, 0.29) is 0 Å². The van der Waals surface area contributed by atoms with Gasteiger partial charge in [-0.05, 0) is 30.6 Å². The summed E-state index contributed by atoms with van der Waals surface area (Å²) in [6, 6.07) is 0.569. The van der Waals surface area contributed by atoms with Crippen molar-refractivity contribution < 1.29 is 0 Å². The summed E-state index contributed by atoms with van der Waals surface area (Å²) in [6.45, 7) is 27.9. The predicted molar refractivity (Wildman–Crippen MR) is 95.1 cm³/mol. The molecule has 0 N–H and O–H groups in total. The van der Waals surface area contributed by atoms with Crippen LogP contribution < -0.4 is 0 Å². The van der Waals surface area contributed by atoms with E-state index in [4.69, 9.17) is 0 Å². The molecule has 0 fully saturated rings. The van der Waals surface area contributed by atoms with Crippen molar-refractivity contribution >= 4 is 0 Å². The van der Waals surface area contributed by atoms with E-state index in [0.717, 1.165) is 6.54 Å². The molecular weight excluding hydrogens is 242 g/mol.